The topological polar surface area (TPSA) is 66.5 Å². The van der Waals surface area contributed by atoms with E-state index in [1.54, 1.807) is 18.3 Å². The maximum absolute atomic E-state index is 12.1. The summed E-state index contributed by atoms with van der Waals surface area (Å²) in [7, 11) is 4.03. The van der Waals surface area contributed by atoms with Gasteiger partial charge in [0.15, 0.2) is 0 Å². The Kier molecular flexibility index (Phi) is 7.22. The summed E-state index contributed by atoms with van der Waals surface area (Å²) in [6.45, 7) is 4.14. The molecule has 0 saturated carbocycles. The smallest absolute Gasteiger partial charge is 0.252 e. The molecule has 1 heterocycles. The van der Waals surface area contributed by atoms with Crippen LogP contribution in [0.5, 0.6) is 5.75 Å². The Morgan fingerprint density at radius 2 is 2.00 bits per heavy atom. The van der Waals surface area contributed by atoms with E-state index in [9.17, 15) is 4.79 Å². The molecular formula is C19H26N4O2. The van der Waals surface area contributed by atoms with Gasteiger partial charge in [-0.25, -0.2) is 4.98 Å². The highest BCUT2D eigenvalue weighted by molar-refractivity contribution is 5.94. The van der Waals surface area contributed by atoms with Gasteiger partial charge < -0.3 is 20.3 Å². The Hall–Kier alpha value is -2.60. The van der Waals surface area contributed by atoms with Crippen molar-refractivity contribution in [2.45, 2.75) is 13.3 Å². The Labute approximate surface area is 149 Å². The largest absolute Gasteiger partial charge is 0.492 e. The second-order valence-electron chi connectivity index (χ2n) is 5.90. The van der Waals surface area contributed by atoms with Crippen molar-refractivity contribution >= 4 is 17.4 Å². The lowest BCUT2D eigenvalue weighted by Crippen LogP contribution is -2.27. The van der Waals surface area contributed by atoms with E-state index in [1.165, 1.54) is 0 Å². The molecule has 2 N–H and O–H groups in total. The van der Waals surface area contributed by atoms with Crippen molar-refractivity contribution in [2.75, 3.05) is 39.1 Å². The van der Waals surface area contributed by atoms with Gasteiger partial charge in [-0.3, -0.25) is 4.79 Å². The molecule has 1 aromatic heterocycles. The summed E-state index contributed by atoms with van der Waals surface area (Å²) in [6.07, 6.45) is 2.49. The van der Waals surface area contributed by atoms with E-state index in [2.05, 4.69) is 20.5 Å². The van der Waals surface area contributed by atoms with Crippen LogP contribution in [-0.2, 0) is 0 Å². The Bertz CT molecular complexity index is 671. The van der Waals surface area contributed by atoms with E-state index in [-0.39, 0.29) is 5.91 Å². The number of nitrogens with zero attached hydrogens (tertiary/aromatic N) is 2. The summed E-state index contributed by atoms with van der Waals surface area (Å²) < 4.78 is 5.59. The Morgan fingerprint density at radius 1 is 1.20 bits per heavy atom. The summed E-state index contributed by atoms with van der Waals surface area (Å²) >= 11 is 0. The fraction of sp³-hybridized carbons (Fsp3) is 0.368. The highest BCUT2D eigenvalue weighted by atomic mass is 16.5. The van der Waals surface area contributed by atoms with Gasteiger partial charge in [0.2, 0.25) is 0 Å². The Balaban J connectivity index is 1.92. The van der Waals surface area contributed by atoms with E-state index in [0.717, 1.165) is 24.4 Å². The van der Waals surface area contributed by atoms with Gasteiger partial charge in [0.25, 0.3) is 5.91 Å². The van der Waals surface area contributed by atoms with Gasteiger partial charge in [0.1, 0.15) is 11.6 Å². The highest BCUT2D eigenvalue weighted by Gasteiger charge is 2.07. The first-order valence-corrected chi connectivity index (χ1v) is 8.48. The molecular weight excluding hydrogens is 316 g/mol. The van der Waals surface area contributed by atoms with Crippen LogP contribution in [0.3, 0.4) is 0 Å². The number of para-hydroxylation sites is 2. The molecule has 6 nitrogen and oxygen atoms in total. The third-order valence-electron chi connectivity index (χ3n) is 3.54. The fourth-order valence-electron chi connectivity index (χ4n) is 2.29. The van der Waals surface area contributed by atoms with Crippen molar-refractivity contribution < 1.29 is 9.53 Å². The lowest BCUT2D eigenvalue weighted by atomic mass is 10.2. The predicted octanol–water partition coefficient (Wildman–Crippen LogP) is 2.91. The molecule has 0 aliphatic heterocycles. The van der Waals surface area contributed by atoms with Gasteiger partial charge in [-0.2, -0.15) is 0 Å². The lowest BCUT2D eigenvalue weighted by Gasteiger charge is -2.12. The number of anilines is 2. The number of ether oxygens (including phenoxy) is 1. The van der Waals surface area contributed by atoms with Crippen LogP contribution < -0.4 is 15.4 Å². The van der Waals surface area contributed by atoms with Crippen LogP contribution in [0, 0.1) is 0 Å². The summed E-state index contributed by atoms with van der Waals surface area (Å²) in [5, 5.41) is 6.12. The SMILES string of the molecule is CCOc1ccccc1Nc1ccc(C(=O)NCCCN(C)C)cn1. The van der Waals surface area contributed by atoms with E-state index in [4.69, 9.17) is 4.74 Å². The number of nitrogens with one attached hydrogen (secondary N) is 2. The summed E-state index contributed by atoms with van der Waals surface area (Å²) in [6, 6.07) is 11.2. The van der Waals surface area contributed by atoms with E-state index in [1.807, 2.05) is 45.3 Å². The van der Waals surface area contributed by atoms with Crippen LogP contribution in [-0.4, -0.2) is 49.6 Å². The van der Waals surface area contributed by atoms with Gasteiger partial charge in [-0.15, -0.1) is 0 Å². The molecule has 0 bridgehead atoms. The minimum absolute atomic E-state index is 0.104. The first-order chi connectivity index (χ1) is 12.1. The first kappa shape index (κ1) is 18.7. The zero-order valence-electron chi connectivity index (χ0n) is 15.1. The molecule has 0 atom stereocenters. The number of aromatic nitrogens is 1. The molecule has 0 radical (unpaired) electrons. The zero-order valence-corrected chi connectivity index (χ0v) is 15.1. The van der Waals surface area contributed by atoms with Gasteiger partial charge in [0, 0.05) is 12.7 Å². The molecule has 25 heavy (non-hydrogen) atoms. The quantitative estimate of drug-likeness (QED) is 0.686. The first-order valence-electron chi connectivity index (χ1n) is 8.48. The highest BCUT2D eigenvalue weighted by Crippen LogP contribution is 2.26. The number of hydrogen-bond acceptors (Lipinski definition) is 5. The average molecular weight is 342 g/mol. The van der Waals surface area contributed by atoms with Crippen LogP contribution in [0.4, 0.5) is 11.5 Å². The molecule has 0 unspecified atom stereocenters. The average Bonchev–Trinajstić information content (AvgIpc) is 2.61. The third kappa shape index (κ3) is 6.08. The van der Waals surface area contributed by atoms with Gasteiger partial charge >= 0.3 is 0 Å². The second kappa shape index (κ2) is 9.64. The van der Waals surface area contributed by atoms with E-state index in [0.29, 0.717) is 24.5 Å². The van der Waals surface area contributed by atoms with Crippen LogP contribution in [0.15, 0.2) is 42.6 Å². The molecule has 0 saturated heterocycles. The zero-order chi connectivity index (χ0) is 18.1. The number of hydrogen-bond donors (Lipinski definition) is 2. The minimum Gasteiger partial charge on any atom is -0.492 e. The summed E-state index contributed by atoms with van der Waals surface area (Å²) in [4.78, 5) is 18.5. The molecule has 6 heteroatoms. The van der Waals surface area contributed by atoms with Crippen molar-refractivity contribution in [3.63, 3.8) is 0 Å². The summed E-state index contributed by atoms with van der Waals surface area (Å²) in [5.74, 6) is 1.33. The van der Waals surface area contributed by atoms with Crippen molar-refractivity contribution in [3.8, 4) is 5.75 Å². The van der Waals surface area contributed by atoms with Crippen molar-refractivity contribution in [1.82, 2.24) is 15.2 Å². The molecule has 0 aliphatic carbocycles. The number of amides is 1. The second-order valence-corrected chi connectivity index (χ2v) is 5.90. The van der Waals surface area contributed by atoms with Crippen molar-refractivity contribution in [2.24, 2.45) is 0 Å². The normalized spacial score (nSPS) is 10.6. The van der Waals surface area contributed by atoms with Crippen LogP contribution in [0.25, 0.3) is 0 Å². The molecule has 0 fully saturated rings. The van der Waals surface area contributed by atoms with Crippen LogP contribution in [0.1, 0.15) is 23.7 Å². The van der Waals surface area contributed by atoms with Gasteiger partial charge in [-0.1, -0.05) is 12.1 Å². The molecule has 2 rings (SSSR count). The molecule has 0 spiro atoms. The third-order valence-corrected chi connectivity index (χ3v) is 3.54. The summed E-state index contributed by atoms with van der Waals surface area (Å²) in [5.41, 5.74) is 1.39. The van der Waals surface area contributed by atoms with Crippen LogP contribution in [0.2, 0.25) is 0 Å². The lowest BCUT2D eigenvalue weighted by molar-refractivity contribution is 0.0952. The van der Waals surface area contributed by atoms with E-state index >= 15 is 0 Å². The number of rotatable bonds is 9. The standard InChI is InChI=1S/C19H26N4O2/c1-4-25-17-9-6-5-8-16(17)22-18-11-10-15(14-21-18)19(24)20-12-7-13-23(2)3/h5-6,8-11,14H,4,7,12-13H2,1-3H3,(H,20,24)(H,21,22). The molecule has 134 valence electrons. The molecule has 1 amide bonds. The van der Waals surface area contributed by atoms with Gasteiger partial charge in [0.05, 0.1) is 17.9 Å². The number of carbonyl (C=O) groups excluding carboxylic acids is 1. The number of benzene rings is 1. The van der Waals surface area contributed by atoms with E-state index < -0.39 is 0 Å². The van der Waals surface area contributed by atoms with Gasteiger partial charge in [-0.05, 0) is 58.3 Å². The maximum Gasteiger partial charge on any atom is 0.252 e. The monoisotopic (exact) mass is 342 g/mol. The predicted molar refractivity (Wildman–Crippen MR) is 101 cm³/mol. The molecule has 2 aromatic rings. The maximum atomic E-state index is 12.1. The minimum atomic E-state index is -0.104. The van der Waals surface area contributed by atoms with Crippen molar-refractivity contribution in [3.05, 3.63) is 48.2 Å². The molecule has 1 aromatic carbocycles. The fourth-order valence-corrected chi connectivity index (χ4v) is 2.29. The molecule has 0 aliphatic rings. The van der Waals surface area contributed by atoms with Crippen molar-refractivity contribution in [1.29, 1.82) is 0 Å². The number of pyridine rings is 1. The van der Waals surface area contributed by atoms with Crippen LogP contribution >= 0.6 is 0 Å². The Morgan fingerprint density at radius 3 is 2.68 bits per heavy atom. The number of carbonyl (C=O) groups is 1.